The van der Waals surface area contributed by atoms with Gasteiger partial charge in [-0.15, -0.1) is 0 Å². The molecule has 2 rings (SSSR count). The van der Waals surface area contributed by atoms with E-state index >= 15 is 0 Å². The van der Waals surface area contributed by atoms with Gasteiger partial charge in [-0.2, -0.15) is 122 Å². The SMILES string of the molecule is O=C(c1ccc(OS(=O)(=O)C(F)C(F)(F)C(F)(F)C(F)(F)C(F)(F)C(F)(F)C(F)(F)C(F)F)cc1)c1ccc(OS(=O)(=O)C(F)C(F)(F)C(F)(F)C(F)(F)C(F)(F)C(F)(F)C(F)(F)C(F)F)cc1. The Bertz CT molecular complexity index is 2210. The van der Waals surface area contributed by atoms with E-state index < -0.39 is 144 Å². The van der Waals surface area contributed by atoms with E-state index in [-0.39, 0.29) is 48.5 Å². The predicted octanol–water partition coefficient (Wildman–Crippen LogP) is 11.1. The van der Waals surface area contributed by atoms with Crippen LogP contribution >= 0.6 is 0 Å². The lowest BCUT2D eigenvalue weighted by Gasteiger charge is -2.41. The maximum absolute atomic E-state index is 14.3. The molecule has 0 N–H and O–H groups in total. The summed E-state index contributed by atoms with van der Waals surface area (Å²) in [7, 11) is -14.7. The van der Waals surface area contributed by atoms with Crippen LogP contribution in [0.5, 0.6) is 11.5 Å². The topological polar surface area (TPSA) is 104 Å². The number of carbonyl (C=O) groups is 1. The van der Waals surface area contributed by atoms with E-state index in [9.17, 15) is 153 Å². The summed E-state index contributed by atoms with van der Waals surface area (Å²) in [5.74, 6) is -105. The van der Waals surface area contributed by atoms with Gasteiger partial charge in [0.1, 0.15) is 11.5 Å². The van der Waals surface area contributed by atoms with Crippen molar-refractivity contribution in [3.05, 3.63) is 59.7 Å². The molecule has 0 amide bonds. The van der Waals surface area contributed by atoms with E-state index in [2.05, 4.69) is 8.37 Å². The van der Waals surface area contributed by atoms with Crippen LogP contribution in [-0.4, -0.2) is 118 Å². The van der Waals surface area contributed by atoms with E-state index in [1.54, 1.807) is 0 Å². The van der Waals surface area contributed by atoms with Crippen molar-refractivity contribution in [2.75, 3.05) is 0 Å². The normalized spacial score (nSPS) is 16.2. The molecule has 2 unspecified atom stereocenters. The summed E-state index contributed by atoms with van der Waals surface area (Å²) >= 11 is 0. The highest BCUT2D eigenvalue weighted by molar-refractivity contribution is 7.87. The number of halogens is 30. The van der Waals surface area contributed by atoms with Gasteiger partial charge >= 0.3 is 115 Å². The zero-order valence-corrected chi connectivity index (χ0v) is 32.1. The number of benzene rings is 2. The van der Waals surface area contributed by atoms with Crippen LogP contribution < -0.4 is 8.37 Å². The molecule has 0 aliphatic heterocycles. The number of alkyl halides is 30. The molecule has 7 nitrogen and oxygen atoms in total. The maximum Gasteiger partial charge on any atom is 0.384 e. The van der Waals surface area contributed by atoms with Crippen LogP contribution in [-0.2, 0) is 20.2 Å². The molecule has 0 aliphatic carbocycles. The first-order valence-electron chi connectivity index (χ1n) is 15.7. The van der Waals surface area contributed by atoms with Gasteiger partial charge in [-0.1, -0.05) is 0 Å². The minimum absolute atomic E-state index is 0.00416. The summed E-state index contributed by atoms with van der Waals surface area (Å²) in [5.41, 5.74) is -14.0. The standard InChI is InChI=1S/C29H12F30O7S2/c30-14(31)18(36,37)22(44,45)26(52,53)28(56,57)24(48,49)20(40,41)16(34)67(61,62)65-11-5-1-9(2-6-11)13(60)10-3-7-12(8-4-10)66-68(63,64)17(35)21(42,43)25(50,51)29(58,59)27(54,55)23(46,47)19(38,39)15(32)33/h1-8,14-17H. The Kier molecular flexibility index (Phi) is 15.3. The van der Waals surface area contributed by atoms with Gasteiger partial charge in [0.25, 0.3) is 0 Å². The molecule has 39 heteroatoms. The molecule has 2 aromatic carbocycles. The monoisotopic (exact) mass is 1110 g/mol. The number of rotatable bonds is 22. The second kappa shape index (κ2) is 17.4. The molecule has 2 atom stereocenters. The lowest BCUT2D eigenvalue weighted by Crippen LogP contribution is -2.73. The van der Waals surface area contributed by atoms with E-state index in [1.807, 2.05) is 0 Å². The third kappa shape index (κ3) is 8.85. The molecule has 0 fully saturated rings. The van der Waals surface area contributed by atoms with Crippen LogP contribution in [0.1, 0.15) is 15.9 Å². The van der Waals surface area contributed by atoms with Gasteiger partial charge < -0.3 is 8.37 Å². The average molecular weight is 1110 g/mol. The Hall–Kier alpha value is -4.49. The van der Waals surface area contributed by atoms with E-state index in [0.29, 0.717) is 0 Å². The summed E-state index contributed by atoms with van der Waals surface area (Å²) in [6, 6.07) is 0.824. The smallest absolute Gasteiger partial charge is 0.380 e. The number of ketones is 1. The Labute approximate surface area is 354 Å². The molecule has 0 radical (unpaired) electrons. The third-order valence-electron chi connectivity index (χ3n) is 8.32. The predicted molar refractivity (Wildman–Crippen MR) is 157 cm³/mol. The first kappa shape index (κ1) is 59.6. The van der Waals surface area contributed by atoms with Gasteiger partial charge in [0.15, 0.2) is 5.78 Å². The number of hydrogen-bond acceptors (Lipinski definition) is 7. The van der Waals surface area contributed by atoms with E-state index in [4.69, 9.17) is 0 Å². The zero-order chi connectivity index (χ0) is 54.3. The summed E-state index contributed by atoms with van der Waals surface area (Å²) in [5, 5.41) is 0. The lowest BCUT2D eigenvalue weighted by molar-refractivity contribution is -0.434. The van der Waals surface area contributed by atoms with E-state index in [1.165, 1.54) is 0 Å². The minimum Gasteiger partial charge on any atom is -0.380 e. The molecule has 0 aromatic heterocycles. The fourth-order valence-electron chi connectivity index (χ4n) is 4.39. The van der Waals surface area contributed by atoms with Gasteiger partial charge in [-0.05, 0) is 48.5 Å². The van der Waals surface area contributed by atoms with Crippen molar-refractivity contribution in [2.45, 2.75) is 94.9 Å². The Balaban J connectivity index is 2.36. The van der Waals surface area contributed by atoms with Crippen LogP contribution in [0, 0.1) is 0 Å². The maximum atomic E-state index is 14.3. The average Bonchev–Trinajstić information content (AvgIpc) is 3.19. The second-order valence-corrected chi connectivity index (χ2v) is 16.0. The molecule has 68 heavy (non-hydrogen) atoms. The second-order valence-electron chi connectivity index (χ2n) is 12.9. The van der Waals surface area contributed by atoms with Crippen molar-refractivity contribution >= 4 is 26.0 Å². The van der Waals surface area contributed by atoms with Crippen LogP contribution in [0.15, 0.2) is 48.5 Å². The van der Waals surface area contributed by atoms with Crippen molar-refractivity contribution in [3.8, 4) is 11.5 Å². The first-order valence-corrected chi connectivity index (χ1v) is 18.7. The minimum atomic E-state index is -8.74. The Morgan fingerprint density at radius 3 is 0.721 bits per heavy atom. The highest BCUT2D eigenvalue weighted by atomic mass is 32.2. The van der Waals surface area contributed by atoms with Gasteiger partial charge in [0, 0.05) is 11.1 Å². The fraction of sp³-hybridized carbons (Fsp3) is 0.552. The molecule has 0 aliphatic rings. The summed E-state index contributed by atoms with van der Waals surface area (Å²) in [6.07, 6.45) is -12.2. The van der Waals surface area contributed by atoms with Gasteiger partial charge in [0.05, 0.1) is 0 Å². The summed E-state index contributed by atoms with van der Waals surface area (Å²) in [6.45, 7) is 0. The van der Waals surface area contributed by atoms with E-state index in [0.717, 1.165) is 0 Å². The van der Waals surface area contributed by atoms with Crippen molar-refractivity contribution < 1.29 is 162 Å². The Morgan fingerprint density at radius 2 is 0.529 bits per heavy atom. The van der Waals surface area contributed by atoms with Crippen LogP contribution in [0.3, 0.4) is 0 Å². The van der Waals surface area contributed by atoms with Crippen molar-refractivity contribution in [2.24, 2.45) is 0 Å². The molecular formula is C29H12F30O7S2. The third-order valence-corrected chi connectivity index (χ3v) is 10.8. The largest absolute Gasteiger partial charge is 0.384 e. The zero-order valence-electron chi connectivity index (χ0n) is 30.4. The molecule has 0 saturated carbocycles. The highest BCUT2D eigenvalue weighted by Gasteiger charge is 2.94. The fourth-order valence-corrected chi connectivity index (χ4v) is 6.34. The number of carbonyl (C=O) groups excluding carboxylic acids is 1. The van der Waals surface area contributed by atoms with Crippen molar-refractivity contribution in [1.82, 2.24) is 0 Å². The van der Waals surface area contributed by atoms with Crippen LogP contribution in [0.2, 0.25) is 0 Å². The van der Waals surface area contributed by atoms with Crippen LogP contribution in [0.4, 0.5) is 132 Å². The lowest BCUT2D eigenvalue weighted by atomic mass is 9.91. The quantitative estimate of drug-likeness (QED) is 0.0657. The van der Waals surface area contributed by atoms with Crippen LogP contribution in [0.25, 0.3) is 0 Å². The molecule has 0 spiro atoms. The molecule has 2 aromatic rings. The van der Waals surface area contributed by atoms with Crippen molar-refractivity contribution in [3.63, 3.8) is 0 Å². The highest BCUT2D eigenvalue weighted by Crippen LogP contribution is 2.63. The summed E-state index contributed by atoms with van der Waals surface area (Å²) in [4.78, 5) is 12.7. The molecule has 0 bridgehead atoms. The number of hydrogen-bond donors (Lipinski definition) is 0. The first-order chi connectivity index (χ1) is 29.7. The van der Waals surface area contributed by atoms with Crippen molar-refractivity contribution in [1.29, 1.82) is 0 Å². The molecule has 0 heterocycles. The molecule has 392 valence electrons. The van der Waals surface area contributed by atoms with Gasteiger partial charge in [-0.25, -0.2) is 26.3 Å². The van der Waals surface area contributed by atoms with Gasteiger partial charge in [-0.3, -0.25) is 4.79 Å². The molecule has 0 saturated heterocycles. The Morgan fingerprint density at radius 1 is 0.338 bits per heavy atom. The summed E-state index contributed by atoms with van der Waals surface area (Å²) < 4.78 is 461. The van der Waals surface area contributed by atoms with Gasteiger partial charge in [0.2, 0.25) is 0 Å². The molecular weight excluding hydrogens is 1090 g/mol.